The molecule has 1 heterocycles. The van der Waals surface area contributed by atoms with Gasteiger partial charge in [0.25, 0.3) is 0 Å². The van der Waals surface area contributed by atoms with E-state index in [4.69, 9.17) is 9.90 Å². The minimum absolute atomic E-state index is 0.315. The Morgan fingerprint density at radius 1 is 1.12 bits per heavy atom. The molecule has 32 heavy (non-hydrogen) atoms. The number of hydrogen-bond acceptors (Lipinski definition) is 4. The van der Waals surface area contributed by atoms with E-state index in [1.807, 2.05) is 6.07 Å². The number of alkyl halides is 3. The molecule has 8 heteroatoms. The number of aromatic hydroxyl groups is 1. The summed E-state index contributed by atoms with van der Waals surface area (Å²) in [6.45, 7) is 1.13. The second-order valence-corrected chi connectivity index (χ2v) is 9.83. The van der Waals surface area contributed by atoms with Gasteiger partial charge < -0.3 is 15.5 Å². The highest BCUT2D eigenvalue weighted by molar-refractivity contribution is 7.99. The zero-order valence-corrected chi connectivity index (χ0v) is 18.3. The van der Waals surface area contributed by atoms with Crippen LogP contribution < -0.4 is 5.32 Å². The Balaban J connectivity index is 0.000000307. The average Bonchev–Trinajstić information content (AvgIpc) is 2.76. The van der Waals surface area contributed by atoms with Gasteiger partial charge >= 0.3 is 12.1 Å². The van der Waals surface area contributed by atoms with Crippen LogP contribution in [0.3, 0.4) is 0 Å². The Labute approximate surface area is 189 Å². The van der Waals surface area contributed by atoms with E-state index in [1.165, 1.54) is 48.1 Å². The summed E-state index contributed by atoms with van der Waals surface area (Å²) in [5, 5.41) is 21.7. The molecule has 0 radical (unpaired) electrons. The van der Waals surface area contributed by atoms with Crippen molar-refractivity contribution in [1.29, 1.82) is 0 Å². The molecule has 1 saturated carbocycles. The van der Waals surface area contributed by atoms with Gasteiger partial charge in [-0.1, -0.05) is 42.8 Å². The third-order valence-electron chi connectivity index (χ3n) is 6.94. The fourth-order valence-electron chi connectivity index (χ4n) is 5.65. The van der Waals surface area contributed by atoms with Crippen LogP contribution in [-0.4, -0.2) is 34.9 Å². The summed E-state index contributed by atoms with van der Waals surface area (Å²) in [6, 6.07) is 15.4. The van der Waals surface area contributed by atoms with Crippen molar-refractivity contribution in [3.8, 4) is 5.75 Å². The number of benzene rings is 2. The Kier molecular flexibility index (Phi) is 6.45. The number of piperidine rings is 1. The molecular weight excluding hydrogens is 439 g/mol. The summed E-state index contributed by atoms with van der Waals surface area (Å²) in [5.41, 5.74) is 3.24. The molecule has 2 bridgehead atoms. The highest BCUT2D eigenvalue weighted by atomic mass is 32.2. The number of rotatable bonds is 2. The fourth-order valence-corrected chi connectivity index (χ4v) is 6.56. The number of carbonyl (C=O) groups is 1. The fraction of sp³-hybridized carbons (Fsp3) is 0.458. The quantitative estimate of drug-likeness (QED) is 0.545. The summed E-state index contributed by atoms with van der Waals surface area (Å²) < 4.78 is 31.7. The topological polar surface area (TPSA) is 69.6 Å². The molecule has 3 atom stereocenters. The Morgan fingerprint density at radius 2 is 1.84 bits per heavy atom. The molecule has 3 N–H and O–H groups in total. The highest BCUT2D eigenvalue weighted by Crippen LogP contribution is 2.55. The minimum Gasteiger partial charge on any atom is -0.507 e. The summed E-state index contributed by atoms with van der Waals surface area (Å²) in [5.74, 6) is -1.54. The predicted octanol–water partition coefficient (Wildman–Crippen LogP) is 5.52. The van der Waals surface area contributed by atoms with E-state index in [9.17, 15) is 18.3 Å². The minimum atomic E-state index is -5.08. The Bertz CT molecular complexity index is 978. The highest BCUT2D eigenvalue weighted by Gasteiger charge is 2.51. The van der Waals surface area contributed by atoms with Crippen LogP contribution in [-0.2, 0) is 16.6 Å². The number of halogens is 3. The molecule has 2 fully saturated rings. The normalized spacial score (nSPS) is 26.2. The van der Waals surface area contributed by atoms with E-state index < -0.39 is 12.1 Å². The molecule has 0 aromatic heterocycles. The number of nitrogens with one attached hydrogen (secondary N) is 1. The van der Waals surface area contributed by atoms with Gasteiger partial charge in [0.2, 0.25) is 0 Å². The van der Waals surface area contributed by atoms with E-state index in [0.29, 0.717) is 17.2 Å². The Hall–Kier alpha value is -2.19. The molecular formula is C24H26F3NO3S. The molecule has 1 saturated heterocycles. The molecule has 172 valence electrons. The number of hydrogen-bond donors (Lipinski definition) is 3. The average molecular weight is 466 g/mol. The van der Waals surface area contributed by atoms with Crippen molar-refractivity contribution in [1.82, 2.24) is 5.32 Å². The van der Waals surface area contributed by atoms with Gasteiger partial charge in [0.15, 0.2) is 0 Å². The van der Waals surface area contributed by atoms with Crippen molar-refractivity contribution < 1.29 is 28.2 Å². The number of aliphatic carboxylic acids is 1. The second-order valence-electron chi connectivity index (χ2n) is 8.72. The SMILES string of the molecule is O=C(O)C(F)(F)F.Oc1cc2c(cc1Sc1ccccc1)C[C@@H]1NCC[C@]23CCCC[C@H]13. The summed E-state index contributed by atoms with van der Waals surface area (Å²) in [7, 11) is 0. The first kappa shape index (κ1) is 23.0. The largest absolute Gasteiger partial charge is 0.507 e. The van der Waals surface area contributed by atoms with Crippen LogP contribution in [0.4, 0.5) is 13.2 Å². The summed E-state index contributed by atoms with van der Waals surface area (Å²) >= 11 is 1.67. The van der Waals surface area contributed by atoms with Gasteiger partial charge in [-0.25, -0.2) is 4.79 Å². The Morgan fingerprint density at radius 3 is 2.53 bits per heavy atom. The van der Waals surface area contributed by atoms with Crippen molar-refractivity contribution in [2.24, 2.45) is 5.92 Å². The van der Waals surface area contributed by atoms with Crippen LogP contribution in [0.15, 0.2) is 52.3 Å². The molecule has 1 aliphatic heterocycles. The summed E-state index contributed by atoms with van der Waals surface area (Å²) in [6.07, 6.45) is 2.61. The van der Waals surface area contributed by atoms with Crippen molar-refractivity contribution in [3.05, 3.63) is 53.6 Å². The number of fused-ring (bicyclic) bond motifs is 1. The molecule has 0 unspecified atom stereocenters. The lowest BCUT2D eigenvalue weighted by Crippen LogP contribution is -2.59. The van der Waals surface area contributed by atoms with Crippen molar-refractivity contribution >= 4 is 17.7 Å². The number of carboxylic acid groups (broad SMARTS) is 1. The molecule has 0 spiro atoms. The molecule has 4 nitrogen and oxygen atoms in total. The van der Waals surface area contributed by atoms with Gasteiger partial charge in [-0.2, -0.15) is 13.2 Å². The van der Waals surface area contributed by atoms with E-state index in [1.54, 1.807) is 11.8 Å². The zero-order valence-electron chi connectivity index (χ0n) is 17.5. The van der Waals surface area contributed by atoms with E-state index in [0.717, 1.165) is 23.8 Å². The third kappa shape index (κ3) is 4.48. The van der Waals surface area contributed by atoms with Crippen LogP contribution in [0.5, 0.6) is 5.75 Å². The van der Waals surface area contributed by atoms with Gasteiger partial charge in [-0.3, -0.25) is 0 Å². The van der Waals surface area contributed by atoms with E-state index in [2.05, 4.69) is 41.7 Å². The second kappa shape index (κ2) is 8.98. The first-order valence-electron chi connectivity index (χ1n) is 10.8. The van der Waals surface area contributed by atoms with Gasteiger partial charge in [0, 0.05) is 16.4 Å². The van der Waals surface area contributed by atoms with E-state index >= 15 is 0 Å². The lowest BCUT2D eigenvalue weighted by atomic mass is 9.53. The van der Waals surface area contributed by atoms with Crippen LogP contribution in [0.2, 0.25) is 0 Å². The van der Waals surface area contributed by atoms with Crippen molar-refractivity contribution in [3.63, 3.8) is 0 Å². The maximum absolute atomic E-state index is 10.8. The number of phenolic OH excluding ortho intramolecular Hbond substituents is 1. The molecule has 0 amide bonds. The van der Waals surface area contributed by atoms with Gasteiger partial charge in [-0.05, 0) is 73.5 Å². The molecule has 5 rings (SSSR count). The van der Waals surface area contributed by atoms with Gasteiger partial charge in [0.05, 0.1) is 4.90 Å². The van der Waals surface area contributed by atoms with Gasteiger partial charge in [-0.15, -0.1) is 0 Å². The lowest BCUT2D eigenvalue weighted by molar-refractivity contribution is -0.192. The van der Waals surface area contributed by atoms with Gasteiger partial charge in [0.1, 0.15) is 5.75 Å². The predicted molar refractivity (Wildman–Crippen MR) is 116 cm³/mol. The van der Waals surface area contributed by atoms with E-state index in [-0.39, 0.29) is 0 Å². The standard InChI is InChI=1S/C22H25NOS.C2HF3O2/c24-20-14-18-15(13-21(20)25-16-6-2-1-3-7-16)12-19-17-8-4-5-9-22(17,18)10-11-23-19;3-2(4,5)1(6)7/h1-3,6-7,13-14,17,19,23-24H,4-5,8-12H2;(H,6,7)/t17-,19+,22+;/m1./s1. The van der Waals surface area contributed by atoms with Crippen LogP contribution in [0, 0.1) is 5.92 Å². The third-order valence-corrected chi connectivity index (χ3v) is 7.99. The van der Waals surface area contributed by atoms with Crippen LogP contribution in [0.1, 0.15) is 43.2 Å². The first-order valence-corrected chi connectivity index (χ1v) is 11.6. The van der Waals surface area contributed by atoms with Crippen molar-refractivity contribution in [2.45, 2.75) is 65.9 Å². The molecule has 2 aliphatic carbocycles. The molecule has 3 aliphatic rings. The number of carboxylic acids is 1. The summed E-state index contributed by atoms with van der Waals surface area (Å²) in [4.78, 5) is 11.1. The first-order chi connectivity index (χ1) is 15.2. The molecule has 2 aromatic carbocycles. The van der Waals surface area contributed by atoms with Crippen LogP contribution >= 0.6 is 11.8 Å². The maximum Gasteiger partial charge on any atom is 0.490 e. The maximum atomic E-state index is 10.8. The van der Waals surface area contributed by atoms with Crippen LogP contribution in [0.25, 0.3) is 0 Å². The zero-order chi connectivity index (χ0) is 22.9. The lowest BCUT2D eigenvalue weighted by Gasteiger charge is -2.56. The monoisotopic (exact) mass is 465 g/mol. The number of phenols is 1. The van der Waals surface area contributed by atoms with Crippen molar-refractivity contribution in [2.75, 3.05) is 6.54 Å². The smallest absolute Gasteiger partial charge is 0.490 e. The molecule has 2 aromatic rings.